The summed E-state index contributed by atoms with van der Waals surface area (Å²) >= 11 is 0. The van der Waals surface area contributed by atoms with Gasteiger partial charge in [-0.25, -0.2) is 0 Å². The Morgan fingerprint density at radius 2 is 1.93 bits per heavy atom. The van der Waals surface area contributed by atoms with Gasteiger partial charge in [-0.1, -0.05) is 30.3 Å². The van der Waals surface area contributed by atoms with Gasteiger partial charge in [0.2, 0.25) is 0 Å². The minimum atomic E-state index is -0.388. The van der Waals surface area contributed by atoms with E-state index in [-0.39, 0.29) is 24.0 Å². The van der Waals surface area contributed by atoms with Gasteiger partial charge in [-0.15, -0.1) is 0 Å². The van der Waals surface area contributed by atoms with Gasteiger partial charge in [0.05, 0.1) is 6.04 Å². The van der Waals surface area contributed by atoms with Gasteiger partial charge >= 0.3 is 0 Å². The van der Waals surface area contributed by atoms with E-state index in [1.807, 2.05) is 18.0 Å². The minimum Gasteiger partial charge on any atom is -0.368 e. The van der Waals surface area contributed by atoms with E-state index in [0.717, 1.165) is 32.1 Å². The molecule has 2 aliphatic rings. The molecule has 2 unspecified atom stereocenters. The maximum absolute atomic E-state index is 13.1. The maximum atomic E-state index is 13.1. The summed E-state index contributed by atoms with van der Waals surface area (Å²) in [6.07, 6.45) is 4.38. The summed E-state index contributed by atoms with van der Waals surface area (Å²) in [5.74, 6) is -0.174. The smallest absolute Gasteiger partial charge is 0.254 e. The Morgan fingerprint density at radius 1 is 1.07 bits per heavy atom. The molecule has 0 aromatic heterocycles. The van der Waals surface area contributed by atoms with Gasteiger partial charge in [-0.2, -0.15) is 0 Å². The van der Waals surface area contributed by atoms with Gasteiger partial charge in [-0.3, -0.25) is 9.59 Å². The molecule has 1 aliphatic heterocycles. The van der Waals surface area contributed by atoms with E-state index in [4.69, 9.17) is 4.74 Å². The second-order valence-electron chi connectivity index (χ2n) is 7.59. The van der Waals surface area contributed by atoms with Crippen LogP contribution < -0.4 is 5.32 Å². The molecule has 0 bridgehead atoms. The largest absolute Gasteiger partial charge is 0.368 e. The molecule has 4 rings (SSSR count). The molecule has 28 heavy (non-hydrogen) atoms. The van der Waals surface area contributed by atoms with E-state index < -0.39 is 0 Å². The molecule has 5 nitrogen and oxygen atoms in total. The summed E-state index contributed by atoms with van der Waals surface area (Å²) in [4.78, 5) is 27.3. The molecule has 1 aliphatic carbocycles. The summed E-state index contributed by atoms with van der Waals surface area (Å²) < 4.78 is 5.43. The Bertz CT molecular complexity index is 874. The average Bonchev–Trinajstić information content (AvgIpc) is 3.27. The number of benzene rings is 2. The zero-order chi connectivity index (χ0) is 19.5. The van der Waals surface area contributed by atoms with Crippen LogP contribution in [0.4, 0.5) is 5.69 Å². The first-order chi connectivity index (χ1) is 13.6. The van der Waals surface area contributed by atoms with Crippen molar-refractivity contribution in [1.29, 1.82) is 0 Å². The number of amides is 2. The molecule has 1 fully saturated rings. The van der Waals surface area contributed by atoms with Gasteiger partial charge in [0, 0.05) is 24.9 Å². The number of carbonyl (C=O) groups is 2. The summed E-state index contributed by atoms with van der Waals surface area (Å²) in [6, 6.07) is 15.6. The molecule has 1 heterocycles. The number of fused-ring (bicyclic) bond motifs is 1. The van der Waals surface area contributed by atoms with Crippen molar-refractivity contribution in [2.45, 2.75) is 44.2 Å². The van der Waals surface area contributed by atoms with E-state index in [9.17, 15) is 9.59 Å². The molecular weight excluding hydrogens is 352 g/mol. The van der Waals surface area contributed by atoms with E-state index in [1.54, 1.807) is 24.3 Å². The molecule has 146 valence electrons. The standard InChI is InChI=1S/C23H26N2O3/c1-25(20-12-5-8-16-7-2-3-11-19(16)20)23(27)17-9-4-10-18(15-17)24-22(26)21-13-6-14-28-21/h2-4,7,9-11,15,20-21H,5-6,8,12-14H2,1H3,(H,24,26). The second kappa shape index (κ2) is 8.15. The topological polar surface area (TPSA) is 58.6 Å². The molecule has 5 heteroatoms. The SMILES string of the molecule is CN(C(=O)c1cccc(NC(=O)C2CCCO2)c1)C1CCCc2ccccc21. The van der Waals surface area contributed by atoms with Crippen LogP contribution in [0.2, 0.25) is 0 Å². The molecule has 2 atom stereocenters. The van der Waals surface area contributed by atoms with E-state index in [1.165, 1.54) is 11.1 Å². The fourth-order valence-electron chi connectivity index (χ4n) is 4.21. The summed E-state index contributed by atoms with van der Waals surface area (Å²) in [6.45, 7) is 0.629. The van der Waals surface area contributed by atoms with Crippen LogP contribution >= 0.6 is 0 Å². The van der Waals surface area contributed by atoms with Gasteiger partial charge in [0.25, 0.3) is 11.8 Å². The normalized spacial score (nSPS) is 21.0. The predicted molar refractivity (Wildman–Crippen MR) is 108 cm³/mol. The van der Waals surface area contributed by atoms with E-state index in [0.29, 0.717) is 17.9 Å². The lowest BCUT2D eigenvalue weighted by Crippen LogP contribution is -2.33. The highest BCUT2D eigenvalue weighted by molar-refractivity contribution is 5.98. The van der Waals surface area contributed by atoms with Crippen molar-refractivity contribution in [3.8, 4) is 0 Å². The monoisotopic (exact) mass is 378 g/mol. The lowest BCUT2D eigenvalue weighted by atomic mass is 9.87. The molecule has 0 spiro atoms. The highest BCUT2D eigenvalue weighted by Crippen LogP contribution is 2.34. The van der Waals surface area contributed by atoms with Crippen LogP contribution in [0.25, 0.3) is 0 Å². The fraction of sp³-hybridized carbons (Fsp3) is 0.391. The van der Waals surface area contributed by atoms with Crippen molar-refractivity contribution in [3.63, 3.8) is 0 Å². The number of rotatable bonds is 4. The van der Waals surface area contributed by atoms with Crippen molar-refractivity contribution >= 4 is 17.5 Å². The fourth-order valence-corrected chi connectivity index (χ4v) is 4.21. The Kier molecular flexibility index (Phi) is 5.44. The molecular formula is C23H26N2O3. The van der Waals surface area contributed by atoms with Crippen molar-refractivity contribution in [1.82, 2.24) is 4.90 Å². The summed E-state index contributed by atoms with van der Waals surface area (Å²) in [7, 11) is 1.87. The highest BCUT2D eigenvalue weighted by Gasteiger charge is 2.27. The summed E-state index contributed by atoms with van der Waals surface area (Å²) in [5.41, 5.74) is 3.78. The lowest BCUT2D eigenvalue weighted by Gasteiger charge is -2.33. The number of carbonyl (C=O) groups excluding carboxylic acids is 2. The molecule has 2 aromatic rings. The summed E-state index contributed by atoms with van der Waals surface area (Å²) in [5, 5.41) is 2.88. The number of nitrogens with one attached hydrogen (secondary N) is 1. The van der Waals surface area contributed by atoms with Gasteiger partial charge in [-0.05, 0) is 61.4 Å². The zero-order valence-electron chi connectivity index (χ0n) is 16.2. The zero-order valence-corrected chi connectivity index (χ0v) is 16.2. The van der Waals surface area contributed by atoms with Crippen LogP contribution in [-0.4, -0.2) is 36.5 Å². The minimum absolute atomic E-state index is 0.0325. The third-order valence-corrected chi connectivity index (χ3v) is 5.72. The molecule has 2 aromatic carbocycles. The van der Waals surface area contributed by atoms with Crippen LogP contribution in [0.5, 0.6) is 0 Å². The molecule has 1 saturated heterocycles. The van der Waals surface area contributed by atoms with Gasteiger partial charge < -0.3 is 15.0 Å². The van der Waals surface area contributed by atoms with E-state index >= 15 is 0 Å². The quantitative estimate of drug-likeness (QED) is 0.876. The van der Waals surface area contributed by atoms with Crippen molar-refractivity contribution < 1.29 is 14.3 Å². The maximum Gasteiger partial charge on any atom is 0.254 e. The van der Waals surface area contributed by atoms with Gasteiger partial charge in [0.1, 0.15) is 6.10 Å². The number of nitrogens with zero attached hydrogens (tertiary/aromatic N) is 1. The molecule has 0 saturated carbocycles. The van der Waals surface area contributed by atoms with E-state index in [2.05, 4.69) is 23.5 Å². The molecule has 2 amide bonds. The lowest BCUT2D eigenvalue weighted by molar-refractivity contribution is -0.124. The second-order valence-corrected chi connectivity index (χ2v) is 7.59. The Hall–Kier alpha value is -2.66. The van der Waals surface area contributed by atoms with Crippen LogP contribution in [0.1, 0.15) is 53.2 Å². The average molecular weight is 378 g/mol. The van der Waals surface area contributed by atoms with Gasteiger partial charge in [0.15, 0.2) is 0 Å². The van der Waals surface area contributed by atoms with Crippen LogP contribution in [0.3, 0.4) is 0 Å². The first-order valence-corrected chi connectivity index (χ1v) is 10.0. The number of anilines is 1. The van der Waals surface area contributed by atoms with Crippen LogP contribution in [-0.2, 0) is 16.0 Å². The van der Waals surface area contributed by atoms with Crippen molar-refractivity contribution in [2.75, 3.05) is 19.0 Å². The molecule has 0 radical (unpaired) electrons. The van der Waals surface area contributed by atoms with Crippen molar-refractivity contribution in [2.24, 2.45) is 0 Å². The Morgan fingerprint density at radius 3 is 2.75 bits per heavy atom. The first-order valence-electron chi connectivity index (χ1n) is 10.0. The predicted octanol–water partition coefficient (Wildman–Crippen LogP) is 3.95. The number of ether oxygens (including phenoxy) is 1. The van der Waals surface area contributed by atoms with Crippen LogP contribution in [0, 0.1) is 0 Å². The number of hydrogen-bond donors (Lipinski definition) is 1. The number of aryl methyl sites for hydroxylation is 1. The Balaban J connectivity index is 1.50. The highest BCUT2D eigenvalue weighted by atomic mass is 16.5. The van der Waals surface area contributed by atoms with Crippen molar-refractivity contribution in [3.05, 3.63) is 65.2 Å². The van der Waals surface area contributed by atoms with Crippen LogP contribution in [0.15, 0.2) is 48.5 Å². The number of hydrogen-bond acceptors (Lipinski definition) is 3. The third kappa shape index (κ3) is 3.80. The first kappa shape index (κ1) is 18.7. The third-order valence-electron chi connectivity index (χ3n) is 5.72. The molecule has 1 N–H and O–H groups in total. The Labute approximate surface area is 165 Å².